The quantitative estimate of drug-likeness (QED) is 0.481. The molecule has 0 spiro atoms. The van der Waals surface area contributed by atoms with Gasteiger partial charge in [0, 0.05) is 6.07 Å². The number of methoxy groups -OCH3 is 1. The molecule has 8 nitrogen and oxygen atoms in total. The number of amides is 1. The summed E-state index contributed by atoms with van der Waals surface area (Å²) in [6, 6.07) is 9.03. The van der Waals surface area contributed by atoms with E-state index in [-0.39, 0.29) is 17.0 Å². The average molecular weight is 362 g/mol. The minimum absolute atomic E-state index is 0.0168. The van der Waals surface area contributed by atoms with Crippen LogP contribution < -0.4 is 10.1 Å². The molecule has 0 bridgehead atoms. The van der Waals surface area contributed by atoms with Crippen molar-refractivity contribution in [2.75, 3.05) is 12.4 Å². The Balaban J connectivity index is 2.09. The lowest BCUT2D eigenvalue weighted by Gasteiger charge is -2.14. The van der Waals surface area contributed by atoms with Gasteiger partial charge in [0.2, 0.25) is 0 Å². The Bertz CT molecular complexity index is 855. The number of rotatable bonds is 6. The van der Waals surface area contributed by atoms with Crippen LogP contribution in [-0.2, 0) is 9.53 Å². The van der Waals surface area contributed by atoms with Crippen molar-refractivity contribution in [3.05, 3.63) is 64.0 Å². The molecule has 1 N–H and O–H groups in total. The third kappa shape index (κ3) is 4.32. The number of nitrogens with one attached hydrogen (secondary N) is 1. The first-order valence-corrected chi connectivity index (χ1v) is 7.42. The molecule has 2 rings (SSSR count). The van der Waals surface area contributed by atoms with Crippen LogP contribution in [0.15, 0.2) is 42.5 Å². The SMILES string of the molecule is COc1ccc(C(=O)O[C@@H](C)C(=O)Nc2ccccc2F)cc1[N+](=O)[O-]. The monoisotopic (exact) mass is 362 g/mol. The Morgan fingerprint density at radius 1 is 1.23 bits per heavy atom. The van der Waals surface area contributed by atoms with Gasteiger partial charge in [0.05, 0.1) is 23.3 Å². The Hall–Kier alpha value is -3.49. The normalized spacial score (nSPS) is 11.3. The van der Waals surface area contributed by atoms with Gasteiger partial charge in [-0.3, -0.25) is 14.9 Å². The van der Waals surface area contributed by atoms with E-state index in [1.54, 1.807) is 0 Å². The molecule has 0 aromatic heterocycles. The number of esters is 1. The fourth-order valence-corrected chi connectivity index (χ4v) is 2.04. The molecule has 0 radical (unpaired) electrons. The Kier molecular flexibility index (Phi) is 5.84. The van der Waals surface area contributed by atoms with Crippen molar-refractivity contribution in [3.8, 4) is 5.75 Å². The van der Waals surface area contributed by atoms with Crippen LogP contribution in [0, 0.1) is 15.9 Å². The van der Waals surface area contributed by atoms with Gasteiger partial charge in [0.15, 0.2) is 11.9 Å². The molecule has 0 fully saturated rings. The van der Waals surface area contributed by atoms with Crippen molar-refractivity contribution in [3.63, 3.8) is 0 Å². The number of para-hydroxylation sites is 1. The maximum absolute atomic E-state index is 13.5. The zero-order valence-corrected chi connectivity index (χ0v) is 13.9. The van der Waals surface area contributed by atoms with Gasteiger partial charge in [-0.15, -0.1) is 0 Å². The number of benzene rings is 2. The minimum atomic E-state index is -1.25. The van der Waals surface area contributed by atoms with E-state index in [9.17, 15) is 24.1 Å². The molecule has 2 aromatic rings. The van der Waals surface area contributed by atoms with Crippen LogP contribution in [0.1, 0.15) is 17.3 Å². The fraction of sp³-hybridized carbons (Fsp3) is 0.176. The molecule has 136 valence electrons. The molecular formula is C17H15FN2O6. The molecule has 26 heavy (non-hydrogen) atoms. The predicted molar refractivity (Wildman–Crippen MR) is 89.6 cm³/mol. The summed E-state index contributed by atoms with van der Waals surface area (Å²) >= 11 is 0. The third-order valence-corrected chi connectivity index (χ3v) is 3.40. The number of halogens is 1. The summed E-state index contributed by atoms with van der Waals surface area (Å²) in [5.41, 5.74) is -0.589. The Labute approximate surface area is 147 Å². The number of carbonyl (C=O) groups is 2. The number of nitro benzene ring substituents is 1. The number of hydrogen-bond acceptors (Lipinski definition) is 6. The van der Waals surface area contributed by atoms with Gasteiger partial charge in [-0.05, 0) is 31.2 Å². The van der Waals surface area contributed by atoms with E-state index in [0.717, 1.165) is 6.07 Å². The van der Waals surface area contributed by atoms with Gasteiger partial charge in [0.25, 0.3) is 5.91 Å². The number of hydrogen-bond donors (Lipinski definition) is 1. The third-order valence-electron chi connectivity index (χ3n) is 3.40. The van der Waals surface area contributed by atoms with Crippen LogP contribution in [0.2, 0.25) is 0 Å². The Morgan fingerprint density at radius 2 is 1.92 bits per heavy atom. The summed E-state index contributed by atoms with van der Waals surface area (Å²) in [5.74, 6) is -2.33. The van der Waals surface area contributed by atoms with Gasteiger partial charge in [-0.1, -0.05) is 12.1 Å². The number of nitro groups is 1. The van der Waals surface area contributed by atoms with Gasteiger partial charge in [-0.25, -0.2) is 9.18 Å². The molecule has 0 aliphatic rings. The summed E-state index contributed by atoms with van der Waals surface area (Å²) in [6.45, 7) is 1.30. The summed E-state index contributed by atoms with van der Waals surface area (Å²) in [5, 5.41) is 13.3. The van der Waals surface area contributed by atoms with Crippen molar-refractivity contribution in [1.29, 1.82) is 0 Å². The van der Waals surface area contributed by atoms with Gasteiger partial charge >= 0.3 is 11.7 Å². The lowest BCUT2D eigenvalue weighted by atomic mass is 10.2. The molecular weight excluding hydrogens is 347 g/mol. The predicted octanol–water partition coefficient (Wildman–Crippen LogP) is 2.93. The molecule has 1 amide bonds. The summed E-state index contributed by atoms with van der Waals surface area (Å²) in [4.78, 5) is 34.4. The van der Waals surface area contributed by atoms with Gasteiger partial charge < -0.3 is 14.8 Å². The number of ether oxygens (including phenoxy) is 2. The van der Waals surface area contributed by atoms with E-state index in [0.29, 0.717) is 0 Å². The number of anilines is 1. The highest BCUT2D eigenvalue weighted by atomic mass is 19.1. The largest absolute Gasteiger partial charge is 0.490 e. The first-order chi connectivity index (χ1) is 12.3. The van der Waals surface area contributed by atoms with Crippen LogP contribution in [0.4, 0.5) is 15.8 Å². The molecule has 0 unspecified atom stereocenters. The van der Waals surface area contributed by atoms with Crippen molar-refractivity contribution >= 4 is 23.3 Å². The lowest BCUT2D eigenvalue weighted by molar-refractivity contribution is -0.385. The van der Waals surface area contributed by atoms with E-state index >= 15 is 0 Å². The van der Waals surface area contributed by atoms with E-state index in [4.69, 9.17) is 9.47 Å². The zero-order valence-electron chi connectivity index (χ0n) is 13.9. The number of nitrogens with zero attached hydrogens (tertiary/aromatic N) is 1. The Morgan fingerprint density at radius 3 is 2.54 bits per heavy atom. The first kappa shape index (κ1) is 18.8. The summed E-state index contributed by atoms with van der Waals surface area (Å²) in [7, 11) is 1.26. The lowest BCUT2D eigenvalue weighted by Crippen LogP contribution is -2.30. The molecule has 0 aliphatic carbocycles. The highest BCUT2D eigenvalue weighted by molar-refractivity contribution is 5.97. The standard InChI is InChI=1S/C17H15FN2O6/c1-10(16(21)19-13-6-4-3-5-12(13)18)26-17(22)11-7-8-15(25-2)14(9-11)20(23)24/h3-10H,1-2H3,(H,19,21)/t10-/m0/s1. The van der Waals surface area contributed by atoms with Crippen LogP contribution in [0.3, 0.4) is 0 Å². The molecule has 0 aliphatic heterocycles. The van der Waals surface area contributed by atoms with Crippen molar-refractivity contribution < 1.29 is 28.4 Å². The average Bonchev–Trinajstić information content (AvgIpc) is 2.62. The summed E-state index contributed by atoms with van der Waals surface area (Å²) < 4.78 is 23.4. The maximum Gasteiger partial charge on any atom is 0.339 e. The molecule has 0 saturated heterocycles. The highest BCUT2D eigenvalue weighted by Gasteiger charge is 2.23. The van der Waals surface area contributed by atoms with E-state index in [2.05, 4.69) is 5.32 Å². The smallest absolute Gasteiger partial charge is 0.339 e. The van der Waals surface area contributed by atoms with Crippen LogP contribution >= 0.6 is 0 Å². The van der Waals surface area contributed by atoms with Crippen LogP contribution in [0.5, 0.6) is 5.75 Å². The van der Waals surface area contributed by atoms with Crippen molar-refractivity contribution in [2.45, 2.75) is 13.0 Å². The van der Waals surface area contributed by atoms with E-state index < -0.39 is 34.4 Å². The fourth-order valence-electron chi connectivity index (χ4n) is 2.04. The zero-order chi connectivity index (χ0) is 19.3. The van der Waals surface area contributed by atoms with Crippen molar-refractivity contribution in [1.82, 2.24) is 0 Å². The second kappa shape index (κ2) is 8.06. The minimum Gasteiger partial charge on any atom is -0.490 e. The van der Waals surface area contributed by atoms with Crippen LogP contribution in [-0.4, -0.2) is 30.0 Å². The molecule has 1 atom stereocenters. The second-order valence-corrected chi connectivity index (χ2v) is 5.16. The first-order valence-electron chi connectivity index (χ1n) is 7.42. The summed E-state index contributed by atoms with van der Waals surface area (Å²) in [6.07, 6.45) is -1.25. The molecule has 9 heteroatoms. The van der Waals surface area contributed by atoms with Gasteiger partial charge in [0.1, 0.15) is 5.82 Å². The van der Waals surface area contributed by atoms with Crippen LogP contribution in [0.25, 0.3) is 0 Å². The van der Waals surface area contributed by atoms with E-state index in [1.807, 2.05) is 0 Å². The van der Waals surface area contributed by atoms with Crippen molar-refractivity contribution in [2.24, 2.45) is 0 Å². The number of carbonyl (C=O) groups excluding carboxylic acids is 2. The topological polar surface area (TPSA) is 108 Å². The maximum atomic E-state index is 13.5. The van der Waals surface area contributed by atoms with Gasteiger partial charge in [-0.2, -0.15) is 0 Å². The highest BCUT2D eigenvalue weighted by Crippen LogP contribution is 2.28. The molecule has 2 aromatic carbocycles. The molecule has 0 heterocycles. The van der Waals surface area contributed by atoms with E-state index in [1.165, 1.54) is 50.4 Å². The second-order valence-electron chi connectivity index (χ2n) is 5.16. The molecule has 0 saturated carbocycles.